The van der Waals surface area contributed by atoms with Crippen LogP contribution in [0.25, 0.3) is 0 Å². The summed E-state index contributed by atoms with van der Waals surface area (Å²) in [4.78, 5) is 152. The van der Waals surface area contributed by atoms with Crippen molar-refractivity contribution >= 4 is 105 Å². The van der Waals surface area contributed by atoms with Gasteiger partial charge in [-0.15, -0.1) is 0 Å². The highest BCUT2D eigenvalue weighted by molar-refractivity contribution is 7.03. The maximum Gasteiger partial charge on any atom is 0.355 e. The number of benzene rings is 7. The Morgan fingerprint density at radius 2 is 0.897 bits per heavy atom. The SMILES string of the molecule is CCn1c(=O)nc(Nc2ccc(Oc3ccnc(CC(=O)CC4CC4)c3)cc2)n(Cc2ccc(Cl)cc2)c1=O.CCn1c(=O)nc(Nc2ccc(Oc3ccsn3)cc2)n(CC2CCC(C)CC2)c1=O.CNC(=O)c1cc(Oc2ccc(Nc3nc(=O)n(C4CC4)c(=O)n3Cc3ccc(Cl)cc3)cc2)ccn1.O=c1nc(Nc2ccc(Oc3ccon3)cc2)n(Cc2ccc(Cl)cc2)c(=O)n1CCOC1CCCCO1. The van der Waals surface area contributed by atoms with Crippen LogP contribution in [0.5, 0.6) is 46.3 Å². The van der Waals surface area contributed by atoms with Crippen molar-refractivity contribution in [1.82, 2.24) is 81.3 Å². The summed E-state index contributed by atoms with van der Waals surface area (Å²) in [7, 11) is 1.53. The first kappa shape index (κ1) is 102. The van der Waals surface area contributed by atoms with E-state index >= 15 is 0 Å². The van der Waals surface area contributed by atoms with Crippen molar-refractivity contribution < 1.29 is 42.5 Å². The molecule has 750 valence electrons. The maximum atomic E-state index is 13.5. The molecule has 5 N–H and O–H groups in total. The van der Waals surface area contributed by atoms with Crippen LogP contribution >= 0.6 is 46.3 Å². The third-order valence-corrected chi connectivity index (χ3v) is 25.2. The van der Waals surface area contributed by atoms with E-state index in [1.807, 2.05) is 53.9 Å². The zero-order chi connectivity index (χ0) is 101. The van der Waals surface area contributed by atoms with Gasteiger partial charge in [0.15, 0.2) is 6.29 Å². The van der Waals surface area contributed by atoms with Crippen LogP contribution in [0, 0.1) is 17.8 Å². The number of carbonyl (C=O) groups is 2. The zero-order valence-corrected chi connectivity index (χ0v) is 82.6. The number of halogens is 3. The lowest BCUT2D eigenvalue weighted by atomic mass is 9.83. The van der Waals surface area contributed by atoms with Crippen molar-refractivity contribution in [2.45, 2.75) is 162 Å². The van der Waals surface area contributed by atoms with Crippen LogP contribution in [-0.2, 0) is 66.5 Å². The molecule has 3 saturated carbocycles. The van der Waals surface area contributed by atoms with Gasteiger partial charge in [0.1, 0.15) is 52.2 Å². The molecule has 1 atom stereocenters. The van der Waals surface area contributed by atoms with E-state index in [1.54, 1.807) is 182 Å². The van der Waals surface area contributed by atoms with Gasteiger partial charge in [0, 0.05) is 132 Å². The predicted molar refractivity (Wildman–Crippen MR) is 549 cm³/mol. The van der Waals surface area contributed by atoms with E-state index in [0.29, 0.717) is 128 Å². The number of amides is 1. The van der Waals surface area contributed by atoms with E-state index in [9.17, 15) is 47.9 Å². The van der Waals surface area contributed by atoms with Gasteiger partial charge in [-0.05, 0) is 268 Å². The number of hydrogen-bond donors (Lipinski definition) is 5. The molecule has 4 fully saturated rings. The first-order valence-corrected chi connectivity index (χ1v) is 49.3. The van der Waals surface area contributed by atoms with Crippen LogP contribution in [0.4, 0.5) is 46.5 Å². The predicted octanol–water partition coefficient (Wildman–Crippen LogP) is 17.1. The number of aromatic nitrogens is 16. The van der Waals surface area contributed by atoms with Gasteiger partial charge in [0.05, 0.1) is 38.5 Å². The van der Waals surface area contributed by atoms with Gasteiger partial charge < -0.3 is 59.5 Å². The molecule has 38 nitrogen and oxygen atoms in total. The third kappa shape index (κ3) is 28.5. The van der Waals surface area contributed by atoms with E-state index in [1.165, 1.54) is 66.7 Å². The second kappa shape index (κ2) is 49.0. The van der Waals surface area contributed by atoms with E-state index in [0.717, 1.165) is 95.2 Å². The number of pyridine rings is 2. The monoisotopic (exact) mass is 2040 g/mol. The molecular formula is C103H104Cl3N21O17S. The normalized spacial score (nSPS) is 14.7. The number of hydrogen-bond acceptors (Lipinski definition) is 30. The lowest BCUT2D eigenvalue weighted by Gasteiger charge is -2.27. The van der Waals surface area contributed by atoms with Crippen molar-refractivity contribution in [2.24, 2.45) is 17.8 Å². The van der Waals surface area contributed by atoms with Crippen LogP contribution in [0.3, 0.4) is 0 Å². The molecule has 145 heavy (non-hydrogen) atoms. The van der Waals surface area contributed by atoms with Crippen molar-refractivity contribution in [2.75, 3.05) is 41.5 Å². The van der Waals surface area contributed by atoms with Crippen LogP contribution in [0.15, 0.2) is 273 Å². The molecule has 0 radical (unpaired) electrons. The fourth-order valence-corrected chi connectivity index (χ4v) is 16.7. The summed E-state index contributed by atoms with van der Waals surface area (Å²) in [6.07, 6.45) is 16.3. The second-order valence-corrected chi connectivity index (χ2v) is 36.7. The highest BCUT2D eigenvalue weighted by atomic mass is 35.5. The number of nitrogens with one attached hydrogen (secondary N) is 5. The van der Waals surface area contributed by atoms with Gasteiger partial charge >= 0.3 is 45.5 Å². The first-order chi connectivity index (χ1) is 70.4. The first-order valence-electron chi connectivity index (χ1n) is 47.4. The minimum absolute atomic E-state index is 0.0551. The smallest absolute Gasteiger partial charge is 0.355 e. The molecule has 19 rings (SSSR count). The number of ketones is 1. The summed E-state index contributed by atoms with van der Waals surface area (Å²) in [6, 6.07) is 59.5. The minimum atomic E-state index is -0.677. The second-order valence-electron chi connectivity index (χ2n) is 34.8. The van der Waals surface area contributed by atoms with Crippen molar-refractivity contribution in [3.63, 3.8) is 0 Å². The fraction of sp³-hybridized carbons (Fsp3) is 0.301. The Balaban J connectivity index is 0.000000139. The Morgan fingerprint density at radius 3 is 1.35 bits per heavy atom. The molecule has 1 aliphatic heterocycles. The number of ether oxygens (including phenoxy) is 6. The average molecular weight is 2050 g/mol. The third-order valence-electron chi connectivity index (χ3n) is 23.9. The van der Waals surface area contributed by atoms with E-state index in [-0.39, 0.29) is 98.5 Å². The van der Waals surface area contributed by atoms with Gasteiger partial charge in [-0.3, -0.25) is 37.8 Å². The molecule has 1 amide bonds. The van der Waals surface area contributed by atoms with E-state index < -0.39 is 39.8 Å². The Hall–Kier alpha value is -15.6. The van der Waals surface area contributed by atoms with Crippen LogP contribution < -0.4 is 91.0 Å². The van der Waals surface area contributed by atoms with Gasteiger partial charge in [-0.25, -0.2) is 56.6 Å². The number of carbonyl (C=O) groups excluding carboxylic acids is 2. The Labute approximate surface area is 848 Å². The van der Waals surface area contributed by atoms with Crippen molar-refractivity contribution in [1.29, 1.82) is 0 Å². The van der Waals surface area contributed by atoms with Gasteiger partial charge in [-0.2, -0.15) is 24.3 Å². The molecule has 15 aromatic rings. The topological polar surface area (TPSA) is 442 Å². The van der Waals surface area contributed by atoms with Crippen LogP contribution in [0.1, 0.15) is 137 Å². The number of nitrogens with zero attached hydrogens (tertiary/aromatic N) is 16. The minimum Gasteiger partial charge on any atom is -0.457 e. The molecule has 0 bridgehead atoms. The van der Waals surface area contributed by atoms with Crippen molar-refractivity contribution in [3.05, 3.63) is 357 Å². The summed E-state index contributed by atoms with van der Waals surface area (Å²) in [6.45, 7) is 8.31. The lowest BCUT2D eigenvalue weighted by Crippen LogP contribution is -2.43. The Kier molecular flexibility index (Phi) is 34.6. The molecule has 8 aromatic heterocycles. The average Bonchev–Trinajstić information content (AvgIpc) is 1.59. The van der Waals surface area contributed by atoms with Crippen molar-refractivity contribution in [3.8, 4) is 46.3 Å². The van der Waals surface area contributed by atoms with Crippen LogP contribution in [0.2, 0.25) is 15.1 Å². The summed E-state index contributed by atoms with van der Waals surface area (Å²) in [5, 5.41) is 22.3. The quantitative estimate of drug-likeness (QED) is 0.0243. The highest BCUT2D eigenvalue weighted by Crippen LogP contribution is 2.36. The lowest BCUT2D eigenvalue weighted by molar-refractivity contribution is -0.163. The maximum absolute atomic E-state index is 13.5. The standard InChI is InChI=1S/C29H28ClN5O4.C26H23ClN6O4.C26H26ClN5O6.C22H27N5O3S/c1-2-34-28(37)33-27(35(29(34)38)18-20-5-7-21(30)8-6-20)32-22-9-11-25(12-10-22)39-26-13-14-31-23(17-26)16-24(36)15-19-3-4-19;1-28-23(34)22-14-21(12-13-29-22)37-20-10-6-18(7-11-20)30-24-31-25(35)33(19-8-9-19)26(36)32(24)15-16-2-4-17(27)5-3-16;27-19-6-4-18(5-7-19)17-32-24(28-20-8-10-21(11-9-20)38-22-12-15-37-30-22)29-25(33)31(26(32)34)13-16-36-23-3-1-2-14-35-23;1-3-26-21(28)24-20(27(22(26)29)14-16-6-4-15(2)5-7-16)23-17-8-10-18(11-9-17)30-19-12-13-31-25-19/h5-14,17,19H,2-4,15-16,18H2,1H3,(H,32,33,37);2-7,10-14,19H,8-9,15H2,1H3,(H,28,34)(H,30,31,35);4-12,15,23H,1-3,13-14,16-17H2,(H,28,29,33);8-13,15-16H,3-7,14H2,1-2H3,(H,23,24,28). The molecule has 3 aliphatic carbocycles. The molecule has 1 unspecified atom stereocenters. The Bertz CT molecular complexity index is 7480. The largest absolute Gasteiger partial charge is 0.457 e. The zero-order valence-electron chi connectivity index (χ0n) is 79.5. The summed E-state index contributed by atoms with van der Waals surface area (Å²) >= 11 is 19.4. The molecule has 0 spiro atoms. The van der Waals surface area contributed by atoms with E-state index in [4.69, 9.17) is 67.7 Å². The van der Waals surface area contributed by atoms with Gasteiger partial charge in [-0.1, -0.05) is 91.0 Å². The van der Waals surface area contributed by atoms with Gasteiger partial charge in [0.2, 0.25) is 29.7 Å². The molecule has 9 heterocycles. The van der Waals surface area contributed by atoms with Crippen LogP contribution in [-0.4, -0.2) is 114 Å². The molecule has 1 saturated heterocycles. The molecular weight excluding hydrogens is 1940 g/mol. The summed E-state index contributed by atoms with van der Waals surface area (Å²) in [5.74, 6) is 6.45. The Morgan fingerprint density at radius 1 is 0.448 bits per heavy atom. The number of anilines is 8. The highest BCUT2D eigenvalue weighted by Gasteiger charge is 2.31. The fourth-order valence-electron chi connectivity index (χ4n) is 15.9. The molecule has 4 aliphatic rings. The summed E-state index contributed by atoms with van der Waals surface area (Å²) in [5.41, 5.74) is 1.85. The summed E-state index contributed by atoms with van der Waals surface area (Å²) < 4.78 is 53.7. The number of rotatable bonds is 36. The van der Waals surface area contributed by atoms with Gasteiger partial charge in [0.25, 0.3) is 11.8 Å². The van der Waals surface area contributed by atoms with E-state index in [2.05, 4.69) is 72.9 Å². The number of Topliss-reactive ketones (excluding diaryl/α,β-unsaturated/α-hetero) is 1. The molecule has 42 heteroatoms. The molecule has 7 aromatic carbocycles.